The molecule has 3 heterocycles. The van der Waals surface area contributed by atoms with E-state index in [2.05, 4.69) is 4.98 Å². The lowest BCUT2D eigenvalue weighted by Crippen LogP contribution is -2.26. The molecular weight excluding hydrogens is 326 g/mol. The Morgan fingerprint density at radius 2 is 2.24 bits per heavy atom. The molecule has 8 nitrogen and oxygen atoms in total. The highest BCUT2D eigenvalue weighted by Crippen LogP contribution is 2.30. The molecule has 1 aliphatic heterocycles. The van der Waals surface area contributed by atoms with Crippen LogP contribution in [0.5, 0.6) is 0 Å². The number of fused-ring (bicyclic) bond motifs is 1. The van der Waals surface area contributed by atoms with Crippen molar-refractivity contribution in [2.45, 2.75) is 26.7 Å². The molecule has 0 aliphatic carbocycles. The van der Waals surface area contributed by atoms with Gasteiger partial charge in [-0.15, -0.1) is 0 Å². The summed E-state index contributed by atoms with van der Waals surface area (Å²) in [5, 5.41) is 9.87. The van der Waals surface area contributed by atoms with Gasteiger partial charge in [0.05, 0.1) is 12.2 Å². The van der Waals surface area contributed by atoms with Crippen LogP contribution in [0.1, 0.15) is 41.3 Å². The van der Waals surface area contributed by atoms with Gasteiger partial charge in [0.2, 0.25) is 11.6 Å². The summed E-state index contributed by atoms with van der Waals surface area (Å²) < 4.78 is 10.00. The van der Waals surface area contributed by atoms with Crippen molar-refractivity contribution in [2.75, 3.05) is 18.1 Å². The predicted octanol–water partition coefficient (Wildman–Crippen LogP) is 1.67. The van der Waals surface area contributed by atoms with E-state index < -0.39 is 11.6 Å². The fourth-order valence-electron chi connectivity index (χ4n) is 2.82. The fraction of sp³-hybridized carbons (Fsp3) is 0.353. The highest BCUT2D eigenvalue weighted by atomic mass is 16.5. The predicted molar refractivity (Wildman–Crippen MR) is 87.3 cm³/mol. The summed E-state index contributed by atoms with van der Waals surface area (Å²) in [5.74, 6) is -0.745. The first-order valence-corrected chi connectivity index (χ1v) is 7.84. The van der Waals surface area contributed by atoms with Gasteiger partial charge in [-0.25, -0.2) is 9.59 Å². The van der Waals surface area contributed by atoms with Crippen LogP contribution in [-0.2, 0) is 9.53 Å². The van der Waals surface area contributed by atoms with Gasteiger partial charge in [0.1, 0.15) is 11.6 Å². The molecule has 0 spiro atoms. The topological polar surface area (TPSA) is 114 Å². The maximum absolute atomic E-state index is 12.1. The Morgan fingerprint density at radius 1 is 1.48 bits per heavy atom. The average molecular weight is 341 g/mol. The van der Waals surface area contributed by atoms with Crippen molar-refractivity contribution in [3.05, 3.63) is 33.2 Å². The van der Waals surface area contributed by atoms with E-state index in [1.54, 1.807) is 13.8 Å². The van der Waals surface area contributed by atoms with Gasteiger partial charge in [-0.3, -0.25) is 9.69 Å². The number of amides is 1. The number of hydrogen-bond acceptors (Lipinski definition) is 7. The second kappa shape index (κ2) is 6.36. The van der Waals surface area contributed by atoms with Crippen molar-refractivity contribution in [3.8, 4) is 6.07 Å². The number of nitrogens with zero attached hydrogens (tertiary/aromatic N) is 3. The lowest BCUT2D eigenvalue weighted by molar-refractivity contribution is -0.117. The summed E-state index contributed by atoms with van der Waals surface area (Å²) >= 11 is 0. The van der Waals surface area contributed by atoms with Crippen LogP contribution in [0, 0.1) is 18.3 Å². The minimum atomic E-state index is -0.874. The number of aryl methyl sites for hydroxylation is 1. The number of rotatable bonds is 3. The molecule has 0 radical (unpaired) electrons. The second-order valence-electron chi connectivity index (χ2n) is 5.58. The molecule has 1 saturated heterocycles. The standard InChI is InChI=1S/C17H15N3O5/c1-3-24-16(22)11-7-10-9(2)12(8-18)14(19-15(10)25-17(11)23)20-6-4-5-13(20)21/h7H,3-6H2,1-2H3. The number of ether oxygens (including phenoxy) is 1. The van der Waals surface area contributed by atoms with Gasteiger partial charge in [0.25, 0.3) is 0 Å². The SMILES string of the molecule is CCOC(=O)c1cc2c(C)c(C#N)c(N3CCCC3=O)nc2oc1=O. The molecule has 2 aromatic heterocycles. The fourth-order valence-corrected chi connectivity index (χ4v) is 2.82. The zero-order valence-electron chi connectivity index (χ0n) is 13.8. The van der Waals surface area contributed by atoms with Crippen molar-refractivity contribution in [2.24, 2.45) is 0 Å². The third kappa shape index (κ3) is 2.74. The first kappa shape index (κ1) is 16.6. The zero-order valence-corrected chi connectivity index (χ0v) is 13.8. The summed E-state index contributed by atoms with van der Waals surface area (Å²) in [6, 6.07) is 3.37. The number of nitriles is 1. The minimum Gasteiger partial charge on any atom is -0.462 e. The molecule has 0 atom stereocenters. The second-order valence-corrected chi connectivity index (χ2v) is 5.58. The number of aromatic nitrogens is 1. The van der Waals surface area contributed by atoms with Crippen molar-refractivity contribution in [3.63, 3.8) is 0 Å². The van der Waals surface area contributed by atoms with Gasteiger partial charge in [-0.05, 0) is 31.9 Å². The summed E-state index contributed by atoms with van der Waals surface area (Å²) in [6.45, 7) is 3.85. The number of carbonyl (C=O) groups excluding carboxylic acids is 2. The molecule has 3 rings (SSSR count). The van der Waals surface area contributed by atoms with Crippen LogP contribution in [0.15, 0.2) is 15.3 Å². The van der Waals surface area contributed by atoms with E-state index in [1.165, 1.54) is 11.0 Å². The van der Waals surface area contributed by atoms with Gasteiger partial charge in [-0.2, -0.15) is 10.2 Å². The van der Waals surface area contributed by atoms with Gasteiger partial charge in [0.15, 0.2) is 5.82 Å². The lowest BCUT2D eigenvalue weighted by atomic mass is 10.1. The third-order valence-corrected chi connectivity index (χ3v) is 4.07. The van der Waals surface area contributed by atoms with Gasteiger partial charge in [-0.1, -0.05) is 0 Å². The Bertz CT molecular complexity index is 986. The summed E-state index contributed by atoms with van der Waals surface area (Å²) in [5.41, 5.74) is -0.457. The molecule has 0 unspecified atom stereocenters. The molecule has 1 fully saturated rings. The Balaban J connectivity index is 2.25. The van der Waals surface area contributed by atoms with Crippen LogP contribution in [0.25, 0.3) is 11.1 Å². The summed E-state index contributed by atoms with van der Waals surface area (Å²) in [6.07, 6.45) is 1.06. The van der Waals surface area contributed by atoms with Crippen LogP contribution in [0.4, 0.5) is 5.82 Å². The maximum Gasteiger partial charge on any atom is 0.352 e. The van der Waals surface area contributed by atoms with Crippen LogP contribution in [-0.4, -0.2) is 30.0 Å². The van der Waals surface area contributed by atoms with Crippen LogP contribution >= 0.6 is 0 Å². The zero-order chi connectivity index (χ0) is 18.1. The Labute approximate surface area is 142 Å². The maximum atomic E-state index is 12.1. The smallest absolute Gasteiger partial charge is 0.352 e. The Morgan fingerprint density at radius 3 is 2.84 bits per heavy atom. The molecule has 2 aromatic rings. The average Bonchev–Trinajstić information content (AvgIpc) is 3.00. The van der Waals surface area contributed by atoms with E-state index in [4.69, 9.17) is 9.15 Å². The van der Waals surface area contributed by atoms with Crippen molar-refractivity contribution < 1.29 is 18.7 Å². The summed E-state index contributed by atoms with van der Waals surface area (Å²) in [7, 11) is 0. The van der Waals surface area contributed by atoms with E-state index in [0.29, 0.717) is 30.3 Å². The third-order valence-electron chi connectivity index (χ3n) is 4.07. The number of pyridine rings is 1. The number of anilines is 1. The van der Waals surface area contributed by atoms with E-state index in [0.717, 1.165) is 0 Å². The first-order chi connectivity index (χ1) is 12.0. The molecule has 0 aromatic carbocycles. The van der Waals surface area contributed by atoms with E-state index >= 15 is 0 Å². The molecule has 128 valence electrons. The monoisotopic (exact) mass is 341 g/mol. The van der Waals surface area contributed by atoms with Gasteiger partial charge in [0, 0.05) is 18.4 Å². The van der Waals surface area contributed by atoms with Crippen molar-refractivity contribution in [1.29, 1.82) is 5.26 Å². The largest absolute Gasteiger partial charge is 0.462 e. The van der Waals surface area contributed by atoms with Gasteiger partial charge >= 0.3 is 11.6 Å². The molecule has 1 amide bonds. The molecule has 25 heavy (non-hydrogen) atoms. The first-order valence-electron chi connectivity index (χ1n) is 7.84. The Hall–Kier alpha value is -3.21. The van der Waals surface area contributed by atoms with Crippen molar-refractivity contribution in [1.82, 2.24) is 4.98 Å². The highest BCUT2D eigenvalue weighted by molar-refractivity contribution is 5.98. The van der Waals surface area contributed by atoms with E-state index in [9.17, 15) is 19.6 Å². The van der Waals surface area contributed by atoms with E-state index in [-0.39, 0.29) is 35.2 Å². The molecule has 0 bridgehead atoms. The van der Waals surface area contributed by atoms with Crippen molar-refractivity contribution >= 4 is 28.8 Å². The number of carbonyl (C=O) groups is 2. The molecule has 0 saturated carbocycles. The van der Waals surface area contributed by atoms with Gasteiger partial charge < -0.3 is 9.15 Å². The summed E-state index contributed by atoms with van der Waals surface area (Å²) in [4.78, 5) is 41.6. The number of hydrogen-bond donors (Lipinski definition) is 0. The number of esters is 1. The molecule has 8 heteroatoms. The lowest BCUT2D eigenvalue weighted by Gasteiger charge is -2.17. The normalized spacial score (nSPS) is 14.0. The molecule has 1 aliphatic rings. The Kier molecular flexibility index (Phi) is 4.23. The van der Waals surface area contributed by atoms with E-state index in [1.807, 2.05) is 6.07 Å². The van der Waals surface area contributed by atoms with Crippen LogP contribution in [0.2, 0.25) is 0 Å². The molecule has 0 N–H and O–H groups in total. The molecular formula is C17H15N3O5. The van der Waals surface area contributed by atoms with Crippen LogP contribution in [0.3, 0.4) is 0 Å². The van der Waals surface area contributed by atoms with Crippen LogP contribution < -0.4 is 10.5 Å². The quantitative estimate of drug-likeness (QED) is 0.780. The highest BCUT2D eigenvalue weighted by Gasteiger charge is 2.28. The minimum absolute atomic E-state index is 0.0238.